The van der Waals surface area contributed by atoms with Gasteiger partial charge in [-0.2, -0.15) is 0 Å². The van der Waals surface area contributed by atoms with Gasteiger partial charge in [-0.15, -0.1) is 11.3 Å². The van der Waals surface area contributed by atoms with E-state index in [1.807, 2.05) is 11.4 Å². The van der Waals surface area contributed by atoms with Crippen LogP contribution in [0, 0.1) is 0 Å². The Labute approximate surface area is 129 Å². The van der Waals surface area contributed by atoms with Gasteiger partial charge in [0.05, 0.1) is 16.3 Å². The monoisotopic (exact) mass is 316 g/mol. The first-order chi connectivity index (χ1) is 10.1. The van der Waals surface area contributed by atoms with Crippen LogP contribution in [0.2, 0.25) is 5.02 Å². The van der Waals surface area contributed by atoms with Gasteiger partial charge in [-0.1, -0.05) is 23.7 Å². The number of carboxylic acids is 1. The molecule has 21 heavy (non-hydrogen) atoms. The van der Waals surface area contributed by atoms with Crippen LogP contribution in [0.1, 0.15) is 10.4 Å². The Morgan fingerprint density at radius 1 is 1.24 bits per heavy atom. The van der Waals surface area contributed by atoms with Gasteiger partial charge in [0.1, 0.15) is 10.7 Å². The Morgan fingerprint density at radius 2 is 2.10 bits per heavy atom. The van der Waals surface area contributed by atoms with E-state index in [0.717, 1.165) is 5.56 Å². The first kappa shape index (κ1) is 13.7. The highest BCUT2D eigenvalue weighted by atomic mass is 35.5. The van der Waals surface area contributed by atoms with Gasteiger partial charge >= 0.3 is 5.97 Å². The Bertz CT molecular complexity index is 817. The van der Waals surface area contributed by atoms with Gasteiger partial charge in [0.15, 0.2) is 0 Å². The quantitative estimate of drug-likeness (QED) is 0.785. The predicted molar refractivity (Wildman–Crippen MR) is 82.8 cm³/mol. The maximum atomic E-state index is 11.0. The number of carbonyl (C=O) groups is 1. The highest BCUT2D eigenvalue weighted by Crippen LogP contribution is 2.31. The third-order valence-electron chi connectivity index (χ3n) is 2.87. The summed E-state index contributed by atoms with van der Waals surface area (Å²) in [7, 11) is 0. The SMILES string of the molecule is O=C(O)c1cccc(-c2csc(-c3ncccc3Cl)n2)c1. The summed E-state index contributed by atoms with van der Waals surface area (Å²) in [6, 6.07) is 10.2. The van der Waals surface area contributed by atoms with E-state index in [1.165, 1.54) is 11.3 Å². The zero-order valence-corrected chi connectivity index (χ0v) is 12.2. The van der Waals surface area contributed by atoms with Crippen LogP contribution in [-0.2, 0) is 0 Å². The third-order valence-corrected chi connectivity index (χ3v) is 4.02. The molecule has 4 nitrogen and oxygen atoms in total. The van der Waals surface area contributed by atoms with Crippen molar-refractivity contribution in [2.24, 2.45) is 0 Å². The van der Waals surface area contributed by atoms with Crippen molar-refractivity contribution in [2.45, 2.75) is 0 Å². The van der Waals surface area contributed by atoms with Crippen molar-refractivity contribution in [3.05, 3.63) is 58.6 Å². The summed E-state index contributed by atoms with van der Waals surface area (Å²) < 4.78 is 0. The van der Waals surface area contributed by atoms with Crippen molar-refractivity contribution in [3.63, 3.8) is 0 Å². The summed E-state index contributed by atoms with van der Waals surface area (Å²) in [5.41, 5.74) is 2.33. The van der Waals surface area contributed by atoms with E-state index >= 15 is 0 Å². The van der Waals surface area contributed by atoms with E-state index < -0.39 is 5.97 Å². The van der Waals surface area contributed by atoms with Crippen molar-refractivity contribution >= 4 is 28.9 Å². The van der Waals surface area contributed by atoms with Crippen molar-refractivity contribution in [2.75, 3.05) is 0 Å². The molecule has 0 unspecified atom stereocenters. The summed E-state index contributed by atoms with van der Waals surface area (Å²) in [6.45, 7) is 0. The molecule has 1 aromatic carbocycles. The van der Waals surface area contributed by atoms with E-state index in [4.69, 9.17) is 16.7 Å². The molecular weight excluding hydrogens is 308 g/mol. The average Bonchev–Trinajstić information content (AvgIpc) is 2.97. The van der Waals surface area contributed by atoms with Crippen LogP contribution < -0.4 is 0 Å². The van der Waals surface area contributed by atoms with E-state index in [-0.39, 0.29) is 5.56 Å². The molecule has 2 aromatic heterocycles. The minimum absolute atomic E-state index is 0.234. The maximum absolute atomic E-state index is 11.0. The number of aromatic nitrogens is 2. The lowest BCUT2D eigenvalue weighted by Gasteiger charge is -1.99. The van der Waals surface area contributed by atoms with Gasteiger partial charge in [-0.25, -0.2) is 9.78 Å². The molecule has 0 bridgehead atoms. The van der Waals surface area contributed by atoms with Crippen LogP contribution in [-0.4, -0.2) is 21.0 Å². The standard InChI is InChI=1S/C15H9ClN2O2S/c16-11-5-2-6-17-13(11)14-18-12(8-21-14)9-3-1-4-10(7-9)15(19)20/h1-8H,(H,19,20). The van der Waals surface area contributed by atoms with Crippen LogP contribution >= 0.6 is 22.9 Å². The maximum Gasteiger partial charge on any atom is 0.335 e. The minimum atomic E-state index is -0.958. The average molecular weight is 317 g/mol. The fourth-order valence-electron chi connectivity index (χ4n) is 1.87. The van der Waals surface area contributed by atoms with Crippen LogP contribution in [0.5, 0.6) is 0 Å². The van der Waals surface area contributed by atoms with Crippen LogP contribution in [0.4, 0.5) is 0 Å². The van der Waals surface area contributed by atoms with Crippen molar-refractivity contribution < 1.29 is 9.90 Å². The molecule has 0 aliphatic rings. The molecule has 104 valence electrons. The summed E-state index contributed by atoms with van der Waals surface area (Å²) >= 11 is 7.53. The normalized spacial score (nSPS) is 10.5. The molecule has 3 aromatic rings. The van der Waals surface area contributed by atoms with Gasteiger partial charge in [-0.05, 0) is 24.3 Å². The molecule has 0 amide bonds. The van der Waals surface area contributed by atoms with Gasteiger partial charge in [0.2, 0.25) is 0 Å². The molecule has 0 radical (unpaired) electrons. The minimum Gasteiger partial charge on any atom is -0.478 e. The Morgan fingerprint density at radius 3 is 2.86 bits per heavy atom. The van der Waals surface area contributed by atoms with E-state index in [1.54, 1.807) is 36.5 Å². The number of pyridine rings is 1. The Balaban J connectivity index is 2.01. The molecule has 0 saturated heterocycles. The predicted octanol–water partition coefficient (Wildman–Crippen LogP) is 4.22. The summed E-state index contributed by atoms with van der Waals surface area (Å²) in [6.07, 6.45) is 1.66. The molecule has 2 heterocycles. The molecule has 3 rings (SSSR count). The van der Waals surface area contributed by atoms with Gasteiger partial charge in [0, 0.05) is 17.1 Å². The number of benzene rings is 1. The first-order valence-corrected chi connectivity index (χ1v) is 7.31. The van der Waals surface area contributed by atoms with Crippen LogP contribution in [0.3, 0.4) is 0 Å². The number of hydrogen-bond acceptors (Lipinski definition) is 4. The molecule has 6 heteroatoms. The second-order valence-electron chi connectivity index (χ2n) is 4.26. The number of rotatable bonds is 3. The highest BCUT2D eigenvalue weighted by molar-refractivity contribution is 7.13. The van der Waals surface area contributed by atoms with Crippen LogP contribution in [0.25, 0.3) is 22.0 Å². The molecule has 0 fully saturated rings. The number of halogens is 1. The fourth-order valence-corrected chi connectivity index (χ4v) is 2.97. The Kier molecular flexibility index (Phi) is 3.68. The number of hydrogen-bond donors (Lipinski definition) is 1. The molecule has 0 aliphatic heterocycles. The van der Waals surface area contributed by atoms with Crippen molar-refractivity contribution in [1.82, 2.24) is 9.97 Å². The number of aromatic carboxylic acids is 1. The van der Waals surface area contributed by atoms with E-state index in [2.05, 4.69) is 9.97 Å². The number of nitrogens with zero attached hydrogens (tertiary/aromatic N) is 2. The van der Waals surface area contributed by atoms with Gasteiger partial charge in [0.25, 0.3) is 0 Å². The highest BCUT2D eigenvalue weighted by Gasteiger charge is 2.12. The largest absolute Gasteiger partial charge is 0.478 e. The summed E-state index contributed by atoms with van der Waals surface area (Å²) in [5.74, 6) is -0.958. The van der Waals surface area contributed by atoms with Crippen LogP contribution in [0.15, 0.2) is 48.0 Å². The molecular formula is C15H9ClN2O2S. The molecule has 0 aliphatic carbocycles. The molecule has 0 atom stereocenters. The molecule has 1 N–H and O–H groups in total. The summed E-state index contributed by atoms with van der Waals surface area (Å²) in [5, 5.41) is 12.1. The molecule has 0 spiro atoms. The number of thiazole rings is 1. The van der Waals surface area contributed by atoms with Gasteiger partial charge < -0.3 is 5.11 Å². The lowest BCUT2D eigenvalue weighted by atomic mass is 10.1. The molecule has 0 saturated carbocycles. The smallest absolute Gasteiger partial charge is 0.335 e. The fraction of sp³-hybridized carbons (Fsp3) is 0. The van der Waals surface area contributed by atoms with Crippen molar-refractivity contribution in [1.29, 1.82) is 0 Å². The van der Waals surface area contributed by atoms with Crippen molar-refractivity contribution in [3.8, 4) is 22.0 Å². The zero-order chi connectivity index (χ0) is 14.8. The zero-order valence-electron chi connectivity index (χ0n) is 10.7. The topological polar surface area (TPSA) is 63.1 Å². The second-order valence-corrected chi connectivity index (χ2v) is 5.52. The first-order valence-electron chi connectivity index (χ1n) is 6.05. The third kappa shape index (κ3) is 2.79. The van der Waals surface area contributed by atoms with Gasteiger partial charge in [-0.3, -0.25) is 4.98 Å². The van der Waals surface area contributed by atoms with E-state index in [9.17, 15) is 4.79 Å². The number of carboxylic acid groups (broad SMARTS) is 1. The summed E-state index contributed by atoms with van der Waals surface area (Å²) in [4.78, 5) is 19.7. The van der Waals surface area contributed by atoms with E-state index in [0.29, 0.717) is 21.4 Å². The Hall–Kier alpha value is -2.24. The second kappa shape index (κ2) is 5.63. The lowest BCUT2D eigenvalue weighted by Crippen LogP contribution is -1.95. The lowest BCUT2D eigenvalue weighted by molar-refractivity contribution is 0.0697.